The van der Waals surface area contributed by atoms with Crippen molar-refractivity contribution >= 4 is 34.6 Å². The van der Waals surface area contributed by atoms with Crippen molar-refractivity contribution in [3.05, 3.63) is 38.2 Å². The summed E-state index contributed by atoms with van der Waals surface area (Å²) in [6, 6.07) is 4.19. The summed E-state index contributed by atoms with van der Waals surface area (Å²) in [7, 11) is 0. The smallest absolute Gasteiger partial charge is 0.160 e. The summed E-state index contributed by atoms with van der Waals surface area (Å²) in [6.07, 6.45) is 2.05. The number of fused-ring (bicyclic) bond motifs is 1. The molecule has 82 valence electrons. The van der Waals surface area contributed by atoms with Gasteiger partial charge in [-0.15, -0.1) is 22.7 Å². The third-order valence-electron chi connectivity index (χ3n) is 2.89. The highest BCUT2D eigenvalue weighted by Gasteiger charge is 2.18. The van der Waals surface area contributed by atoms with Crippen LogP contribution in [-0.4, -0.2) is 12.8 Å². The molecule has 0 unspecified atom stereocenters. The van der Waals surface area contributed by atoms with E-state index in [9.17, 15) is 4.79 Å². The summed E-state index contributed by atoms with van der Waals surface area (Å²) in [5, 5.41) is 4.24. The van der Waals surface area contributed by atoms with Crippen LogP contribution in [0.3, 0.4) is 0 Å². The van der Waals surface area contributed by atoms with Gasteiger partial charge in [0.05, 0.1) is 4.88 Å². The number of hydrogen-bond acceptors (Lipinski definition) is 4. The lowest BCUT2D eigenvalue weighted by Gasteiger charge is -2.27. The van der Waals surface area contributed by atoms with Crippen molar-refractivity contribution in [1.82, 2.24) is 0 Å². The molecule has 0 aromatic carbocycles. The van der Waals surface area contributed by atoms with E-state index >= 15 is 0 Å². The van der Waals surface area contributed by atoms with Gasteiger partial charge in [0.2, 0.25) is 0 Å². The Labute approximate surface area is 102 Å². The summed E-state index contributed by atoms with van der Waals surface area (Å²) in [5.74, 6) is 0. The van der Waals surface area contributed by atoms with Crippen molar-refractivity contribution in [2.45, 2.75) is 13.0 Å². The van der Waals surface area contributed by atoms with E-state index in [-0.39, 0.29) is 0 Å². The molecule has 0 radical (unpaired) electrons. The van der Waals surface area contributed by atoms with E-state index in [4.69, 9.17) is 0 Å². The molecular weight excluding hydrogens is 238 g/mol. The molecule has 3 heterocycles. The number of nitrogens with zero attached hydrogens (tertiary/aromatic N) is 1. The molecule has 0 bridgehead atoms. The molecule has 0 spiro atoms. The zero-order valence-electron chi connectivity index (χ0n) is 8.68. The molecule has 2 aromatic heterocycles. The fourth-order valence-electron chi connectivity index (χ4n) is 2.04. The van der Waals surface area contributed by atoms with Gasteiger partial charge < -0.3 is 4.90 Å². The number of rotatable bonds is 2. The third-order valence-corrected chi connectivity index (χ3v) is 4.76. The first kappa shape index (κ1) is 10.1. The number of thiophene rings is 2. The average Bonchev–Trinajstić information content (AvgIpc) is 2.96. The minimum absolute atomic E-state index is 0.811. The zero-order valence-corrected chi connectivity index (χ0v) is 10.3. The largest absolute Gasteiger partial charge is 0.366 e. The van der Waals surface area contributed by atoms with E-state index in [2.05, 4.69) is 21.7 Å². The maximum atomic E-state index is 10.7. The first-order chi connectivity index (χ1) is 7.86. The molecule has 2 nitrogen and oxygen atoms in total. The van der Waals surface area contributed by atoms with Gasteiger partial charge >= 0.3 is 0 Å². The lowest BCUT2D eigenvalue weighted by atomic mass is 10.1. The van der Waals surface area contributed by atoms with Gasteiger partial charge in [-0.3, -0.25) is 4.79 Å². The Balaban J connectivity index is 1.85. The normalized spacial score (nSPS) is 14.9. The van der Waals surface area contributed by atoms with Crippen molar-refractivity contribution < 1.29 is 4.79 Å². The average molecular weight is 249 g/mol. The molecule has 0 N–H and O–H groups in total. The Hall–Kier alpha value is -1.13. The van der Waals surface area contributed by atoms with E-state index in [1.165, 1.54) is 27.5 Å². The molecule has 16 heavy (non-hydrogen) atoms. The SMILES string of the molecule is O=Cc1cc(N2CCc3sccc3C2)cs1. The molecule has 0 atom stereocenters. The lowest BCUT2D eigenvalue weighted by Crippen LogP contribution is -2.28. The molecule has 0 fully saturated rings. The standard InChI is InChI=1S/C12H11NOS2/c14-7-11-5-10(8-16-11)13-3-1-12-9(6-13)2-4-15-12/h2,4-5,7-8H,1,3,6H2. The van der Waals surface area contributed by atoms with Crippen LogP contribution in [0.4, 0.5) is 5.69 Å². The Morgan fingerprint density at radius 1 is 1.38 bits per heavy atom. The van der Waals surface area contributed by atoms with Crippen LogP contribution in [0.1, 0.15) is 20.1 Å². The van der Waals surface area contributed by atoms with E-state index in [0.717, 1.165) is 30.7 Å². The zero-order chi connectivity index (χ0) is 11.0. The van der Waals surface area contributed by atoms with E-state index in [1.54, 1.807) is 0 Å². The molecule has 1 aliphatic heterocycles. The van der Waals surface area contributed by atoms with Gasteiger partial charge in [-0.25, -0.2) is 0 Å². The molecule has 0 aliphatic carbocycles. The Morgan fingerprint density at radius 3 is 3.12 bits per heavy atom. The van der Waals surface area contributed by atoms with Gasteiger partial charge in [0.25, 0.3) is 0 Å². The molecule has 3 rings (SSSR count). The van der Waals surface area contributed by atoms with Gasteiger partial charge in [0, 0.05) is 29.0 Å². The summed E-state index contributed by atoms with van der Waals surface area (Å²) in [4.78, 5) is 15.3. The lowest BCUT2D eigenvalue weighted by molar-refractivity contribution is 0.112. The molecule has 0 amide bonds. The van der Waals surface area contributed by atoms with Gasteiger partial charge in [0.1, 0.15) is 0 Å². The monoisotopic (exact) mass is 249 g/mol. The fourth-order valence-corrected chi connectivity index (χ4v) is 3.65. The predicted molar refractivity (Wildman–Crippen MR) is 68.8 cm³/mol. The second kappa shape index (κ2) is 4.03. The molecule has 4 heteroatoms. The van der Waals surface area contributed by atoms with E-state index < -0.39 is 0 Å². The predicted octanol–water partition coefficient (Wildman–Crippen LogP) is 3.18. The topological polar surface area (TPSA) is 20.3 Å². The van der Waals surface area contributed by atoms with Gasteiger partial charge in [-0.2, -0.15) is 0 Å². The third kappa shape index (κ3) is 1.68. The van der Waals surface area contributed by atoms with Crippen LogP contribution in [0.15, 0.2) is 22.9 Å². The van der Waals surface area contributed by atoms with Crippen LogP contribution >= 0.6 is 22.7 Å². The van der Waals surface area contributed by atoms with Gasteiger partial charge in [-0.05, 0) is 29.5 Å². The minimum Gasteiger partial charge on any atom is -0.366 e. The van der Waals surface area contributed by atoms with Crippen molar-refractivity contribution in [2.75, 3.05) is 11.4 Å². The summed E-state index contributed by atoms with van der Waals surface area (Å²) in [6.45, 7) is 2.04. The van der Waals surface area contributed by atoms with Gasteiger partial charge in [-0.1, -0.05) is 0 Å². The maximum Gasteiger partial charge on any atom is 0.160 e. The minimum atomic E-state index is 0.811. The van der Waals surface area contributed by atoms with Crippen LogP contribution in [-0.2, 0) is 13.0 Å². The van der Waals surface area contributed by atoms with Crippen LogP contribution < -0.4 is 4.90 Å². The molecule has 0 saturated heterocycles. The highest BCUT2D eigenvalue weighted by atomic mass is 32.1. The highest BCUT2D eigenvalue weighted by molar-refractivity contribution is 7.12. The van der Waals surface area contributed by atoms with Crippen molar-refractivity contribution in [3.63, 3.8) is 0 Å². The van der Waals surface area contributed by atoms with E-state index in [0.29, 0.717) is 0 Å². The van der Waals surface area contributed by atoms with Crippen molar-refractivity contribution in [3.8, 4) is 0 Å². The van der Waals surface area contributed by atoms with Gasteiger partial charge in [0.15, 0.2) is 6.29 Å². The maximum absolute atomic E-state index is 10.7. The quantitative estimate of drug-likeness (QED) is 0.762. The molecule has 1 aliphatic rings. The van der Waals surface area contributed by atoms with Crippen LogP contribution in [0.2, 0.25) is 0 Å². The Bertz CT molecular complexity index is 515. The summed E-state index contributed by atoms with van der Waals surface area (Å²) >= 11 is 3.37. The molecular formula is C12H11NOS2. The number of hydrogen-bond donors (Lipinski definition) is 0. The van der Waals surface area contributed by atoms with Crippen LogP contribution in [0.5, 0.6) is 0 Å². The second-order valence-electron chi connectivity index (χ2n) is 3.87. The number of anilines is 1. The van der Waals surface area contributed by atoms with Crippen molar-refractivity contribution in [2.24, 2.45) is 0 Å². The first-order valence-electron chi connectivity index (χ1n) is 5.21. The Kier molecular flexibility index (Phi) is 2.53. The fraction of sp³-hybridized carbons (Fsp3) is 0.250. The molecule has 2 aromatic rings. The Morgan fingerprint density at radius 2 is 2.31 bits per heavy atom. The number of carbonyl (C=O) groups is 1. The second-order valence-corrected chi connectivity index (χ2v) is 5.81. The number of carbonyl (C=O) groups excluding carboxylic acids is 1. The number of aldehydes is 1. The van der Waals surface area contributed by atoms with Crippen LogP contribution in [0, 0.1) is 0 Å². The first-order valence-corrected chi connectivity index (χ1v) is 6.96. The van der Waals surface area contributed by atoms with Crippen molar-refractivity contribution in [1.29, 1.82) is 0 Å². The van der Waals surface area contributed by atoms with Crippen LogP contribution in [0.25, 0.3) is 0 Å². The summed E-state index contributed by atoms with van der Waals surface area (Å²) < 4.78 is 0. The highest BCUT2D eigenvalue weighted by Crippen LogP contribution is 2.29. The van der Waals surface area contributed by atoms with E-state index in [1.807, 2.05) is 17.4 Å². The summed E-state index contributed by atoms with van der Waals surface area (Å²) in [5.41, 5.74) is 2.62. The molecule has 0 saturated carbocycles.